The van der Waals surface area contributed by atoms with Crippen molar-refractivity contribution in [1.82, 2.24) is 19.6 Å². The van der Waals surface area contributed by atoms with Crippen LogP contribution in [0.5, 0.6) is 17.2 Å². The van der Waals surface area contributed by atoms with Gasteiger partial charge in [0.25, 0.3) is 5.91 Å². The smallest absolute Gasteiger partial charge is 0.387 e. The van der Waals surface area contributed by atoms with Crippen LogP contribution in [0.1, 0.15) is 23.2 Å². The number of fused-ring (bicyclic) bond motifs is 1. The molecule has 1 saturated carbocycles. The van der Waals surface area contributed by atoms with Crippen molar-refractivity contribution >= 4 is 11.6 Å². The molecule has 1 saturated heterocycles. The molecular formula is C26H26F2N4O4. The first kappa shape index (κ1) is 23.9. The van der Waals surface area contributed by atoms with Crippen LogP contribution in [0.3, 0.4) is 0 Å². The highest BCUT2D eigenvalue weighted by atomic mass is 19.3. The molecule has 8 nitrogen and oxygen atoms in total. The van der Waals surface area contributed by atoms with Crippen LogP contribution < -0.4 is 19.5 Å². The summed E-state index contributed by atoms with van der Waals surface area (Å²) in [5, 5.41) is 2.80. The zero-order chi connectivity index (χ0) is 25.2. The Kier molecular flexibility index (Phi) is 6.65. The predicted octanol–water partition coefficient (Wildman–Crippen LogP) is 3.45. The zero-order valence-electron chi connectivity index (χ0n) is 19.7. The maximum Gasteiger partial charge on any atom is 0.387 e. The lowest BCUT2D eigenvalue weighted by molar-refractivity contribution is -0.0502. The molecule has 0 unspecified atom stereocenters. The second-order valence-electron chi connectivity index (χ2n) is 8.99. The second-order valence-corrected chi connectivity index (χ2v) is 8.99. The quantitative estimate of drug-likeness (QED) is 0.434. The number of hydrogen-bond acceptors (Lipinski definition) is 6. The maximum absolute atomic E-state index is 13.2. The topological polar surface area (TPSA) is 77.3 Å². The fourth-order valence-electron chi connectivity index (χ4n) is 4.32. The number of ether oxygens (including phenoxy) is 3. The van der Waals surface area contributed by atoms with Crippen molar-refractivity contribution < 1.29 is 27.8 Å². The van der Waals surface area contributed by atoms with E-state index in [9.17, 15) is 13.6 Å². The Labute approximate surface area is 207 Å². The molecule has 3 heterocycles. The van der Waals surface area contributed by atoms with Crippen LogP contribution in [0.2, 0.25) is 0 Å². The van der Waals surface area contributed by atoms with Crippen LogP contribution in [-0.4, -0.2) is 66.2 Å². The molecule has 10 heteroatoms. The molecule has 1 aliphatic heterocycles. The predicted molar refractivity (Wildman–Crippen MR) is 129 cm³/mol. The van der Waals surface area contributed by atoms with E-state index in [1.807, 2.05) is 12.1 Å². The van der Waals surface area contributed by atoms with Gasteiger partial charge in [-0.3, -0.25) is 14.1 Å². The summed E-state index contributed by atoms with van der Waals surface area (Å²) in [6.07, 6.45) is 10.5. The Balaban J connectivity index is 1.39. The molecule has 3 aromatic rings. The summed E-state index contributed by atoms with van der Waals surface area (Å²) in [6.45, 7) is -0.0336. The molecular weight excluding hydrogens is 470 g/mol. The first-order chi connectivity index (χ1) is 17.4. The number of halogens is 2. The molecule has 1 N–H and O–H groups in total. The SMILES string of the molecule is C#CCN1CC(COc2ccn3c(-c4cc(OC)c(C(=O)NC5CC5)c(OC(F)F)c4)cnc3c2)C1. The number of aromatic nitrogens is 2. The van der Waals surface area contributed by atoms with E-state index in [2.05, 4.69) is 21.1 Å². The van der Waals surface area contributed by atoms with Crippen LogP contribution in [-0.2, 0) is 0 Å². The van der Waals surface area contributed by atoms with E-state index >= 15 is 0 Å². The fraction of sp³-hybridized carbons (Fsp3) is 0.385. The van der Waals surface area contributed by atoms with Gasteiger partial charge in [-0.05, 0) is 31.0 Å². The van der Waals surface area contributed by atoms with Crippen molar-refractivity contribution in [2.75, 3.05) is 33.4 Å². The number of terminal acetylenes is 1. The third-order valence-electron chi connectivity index (χ3n) is 6.26. The van der Waals surface area contributed by atoms with E-state index in [4.69, 9.17) is 20.6 Å². The van der Waals surface area contributed by atoms with Crippen molar-refractivity contribution in [2.24, 2.45) is 5.92 Å². The Morgan fingerprint density at radius 1 is 1.28 bits per heavy atom. The van der Waals surface area contributed by atoms with Gasteiger partial charge < -0.3 is 19.5 Å². The molecule has 0 atom stereocenters. The van der Waals surface area contributed by atoms with Crippen LogP contribution in [0.4, 0.5) is 8.78 Å². The number of pyridine rings is 1. The first-order valence-electron chi connectivity index (χ1n) is 11.7. The number of alkyl halides is 2. The van der Waals surface area contributed by atoms with Gasteiger partial charge in [-0.15, -0.1) is 6.42 Å². The number of likely N-dealkylation sites (tertiary alicyclic amines) is 1. The van der Waals surface area contributed by atoms with Gasteiger partial charge in [-0.25, -0.2) is 4.98 Å². The van der Waals surface area contributed by atoms with Crippen molar-refractivity contribution in [3.63, 3.8) is 0 Å². The number of imidazole rings is 1. The number of hydrogen-bond donors (Lipinski definition) is 1. The number of benzene rings is 1. The molecule has 188 valence electrons. The van der Waals surface area contributed by atoms with Gasteiger partial charge in [0.1, 0.15) is 28.5 Å². The zero-order valence-corrected chi connectivity index (χ0v) is 19.7. The summed E-state index contributed by atoms with van der Waals surface area (Å²) < 4.78 is 44.3. The minimum absolute atomic E-state index is 0.0441. The number of nitrogens with one attached hydrogen (secondary N) is 1. The van der Waals surface area contributed by atoms with E-state index < -0.39 is 12.5 Å². The van der Waals surface area contributed by atoms with Gasteiger partial charge >= 0.3 is 6.61 Å². The normalized spacial score (nSPS) is 16.0. The van der Waals surface area contributed by atoms with Crippen molar-refractivity contribution in [1.29, 1.82) is 0 Å². The van der Waals surface area contributed by atoms with Crippen molar-refractivity contribution in [2.45, 2.75) is 25.5 Å². The molecule has 1 aliphatic carbocycles. The highest BCUT2D eigenvalue weighted by Crippen LogP contribution is 2.37. The second kappa shape index (κ2) is 10.0. The van der Waals surface area contributed by atoms with Crippen LogP contribution in [0.15, 0.2) is 36.7 Å². The van der Waals surface area contributed by atoms with E-state index in [-0.39, 0.29) is 23.1 Å². The molecule has 0 radical (unpaired) electrons. The molecule has 0 bridgehead atoms. The Hall–Kier alpha value is -3.84. The molecule has 1 aromatic carbocycles. The molecule has 5 rings (SSSR count). The maximum atomic E-state index is 13.2. The molecule has 36 heavy (non-hydrogen) atoms. The summed E-state index contributed by atoms with van der Waals surface area (Å²) in [5.41, 5.74) is 1.69. The molecule has 2 aliphatic rings. The highest BCUT2D eigenvalue weighted by molar-refractivity contribution is 6.01. The average Bonchev–Trinajstić information content (AvgIpc) is 3.54. The van der Waals surface area contributed by atoms with Crippen molar-refractivity contribution in [3.05, 3.63) is 42.2 Å². The number of methoxy groups -OCH3 is 1. The highest BCUT2D eigenvalue weighted by Gasteiger charge is 2.29. The molecule has 2 aromatic heterocycles. The number of nitrogens with zero attached hydrogens (tertiary/aromatic N) is 3. The molecule has 0 spiro atoms. The van der Waals surface area contributed by atoms with Crippen molar-refractivity contribution in [3.8, 4) is 40.8 Å². The summed E-state index contributed by atoms with van der Waals surface area (Å²) >= 11 is 0. The van der Waals surface area contributed by atoms with Gasteiger partial charge in [0.05, 0.1) is 32.2 Å². The van der Waals surface area contributed by atoms with E-state index in [1.165, 1.54) is 13.2 Å². The lowest BCUT2D eigenvalue weighted by atomic mass is 10.0. The van der Waals surface area contributed by atoms with Crippen LogP contribution in [0, 0.1) is 18.3 Å². The Morgan fingerprint density at radius 3 is 2.75 bits per heavy atom. The Bertz CT molecular complexity index is 1310. The molecule has 1 amide bonds. The van der Waals surface area contributed by atoms with E-state index in [0.717, 1.165) is 25.9 Å². The minimum Gasteiger partial charge on any atom is -0.496 e. The summed E-state index contributed by atoms with van der Waals surface area (Å²) in [7, 11) is 1.38. The minimum atomic E-state index is -3.10. The number of carbonyl (C=O) groups is 1. The number of rotatable bonds is 10. The third-order valence-corrected chi connectivity index (χ3v) is 6.26. The monoisotopic (exact) mass is 496 g/mol. The average molecular weight is 497 g/mol. The van der Waals surface area contributed by atoms with Crippen LogP contribution >= 0.6 is 0 Å². The number of carbonyl (C=O) groups excluding carboxylic acids is 1. The van der Waals surface area contributed by atoms with Gasteiger partial charge in [0.2, 0.25) is 0 Å². The fourth-order valence-corrected chi connectivity index (χ4v) is 4.32. The van der Waals surface area contributed by atoms with Crippen LogP contribution in [0.25, 0.3) is 16.9 Å². The number of amides is 1. The first-order valence-corrected chi connectivity index (χ1v) is 11.7. The standard InChI is InChI=1S/C26H26F2N4O4/c1-3-7-31-13-16(14-31)15-35-19-6-8-32-20(12-29-23(32)11-19)17-9-21(34-2)24(22(10-17)36-26(27)28)25(33)30-18-4-5-18/h1,6,8-12,16,18,26H,4-5,7,13-15H2,2H3,(H,30,33). The van der Waals surface area contributed by atoms with Gasteiger partial charge in [0.15, 0.2) is 0 Å². The van der Waals surface area contributed by atoms with E-state index in [1.54, 1.807) is 22.9 Å². The third kappa shape index (κ3) is 5.06. The Morgan fingerprint density at radius 2 is 2.06 bits per heavy atom. The summed E-state index contributed by atoms with van der Waals surface area (Å²) in [6, 6.07) is 6.70. The summed E-state index contributed by atoms with van der Waals surface area (Å²) in [4.78, 5) is 19.4. The van der Waals surface area contributed by atoms with E-state index in [0.29, 0.717) is 41.7 Å². The molecule has 2 fully saturated rings. The lowest BCUT2D eigenvalue weighted by Crippen LogP contribution is -2.49. The summed E-state index contributed by atoms with van der Waals surface area (Å²) in [5.74, 6) is 3.12. The largest absolute Gasteiger partial charge is 0.496 e. The van der Waals surface area contributed by atoms with Gasteiger partial charge in [-0.2, -0.15) is 8.78 Å². The lowest BCUT2D eigenvalue weighted by Gasteiger charge is -2.37. The van der Waals surface area contributed by atoms with Gasteiger partial charge in [-0.1, -0.05) is 5.92 Å². The van der Waals surface area contributed by atoms with Gasteiger partial charge in [0, 0.05) is 42.9 Å².